The minimum Gasteiger partial charge on any atom is -0.357 e. The molecule has 0 heterocycles. The Morgan fingerprint density at radius 1 is 0.917 bits per heavy atom. The maximum absolute atomic E-state index is 14.8. The van der Waals surface area contributed by atoms with Gasteiger partial charge in [-0.25, -0.2) is 17.2 Å². The summed E-state index contributed by atoms with van der Waals surface area (Å²) in [6.07, 6.45) is 0.234. The summed E-state index contributed by atoms with van der Waals surface area (Å²) in [6, 6.07) is 17.1. The summed E-state index contributed by atoms with van der Waals surface area (Å²) in [7, 11) is -2.92. The molecule has 0 bridgehead atoms. The molecule has 2 amide bonds. The van der Waals surface area contributed by atoms with Crippen molar-refractivity contribution in [2.75, 3.05) is 17.9 Å². The minimum absolute atomic E-state index is 0.0818. The van der Waals surface area contributed by atoms with Gasteiger partial charge in [-0.1, -0.05) is 49.4 Å². The van der Waals surface area contributed by atoms with Gasteiger partial charge in [-0.15, -0.1) is 0 Å². The molecule has 3 aromatic rings. The van der Waals surface area contributed by atoms with Gasteiger partial charge in [0.2, 0.25) is 11.8 Å². The summed E-state index contributed by atoms with van der Waals surface area (Å²) in [5, 5.41) is 2.51. The number of amides is 2. The van der Waals surface area contributed by atoms with E-state index in [1.165, 1.54) is 78.7 Å². The summed E-state index contributed by atoms with van der Waals surface area (Å²) in [5.74, 6) is -2.46. The quantitative estimate of drug-likeness (QED) is 0.446. The zero-order valence-electron chi connectivity index (χ0n) is 19.9. The van der Waals surface area contributed by atoms with Gasteiger partial charge in [0.25, 0.3) is 10.0 Å². The minimum atomic E-state index is -4.35. The zero-order valence-corrected chi connectivity index (χ0v) is 20.7. The van der Waals surface area contributed by atoms with Gasteiger partial charge >= 0.3 is 0 Å². The Bertz CT molecular complexity index is 1300. The number of sulfonamides is 1. The maximum atomic E-state index is 14.8. The standard InChI is InChI=1S/C26H27F2N3O4S/c1-3-23(26(33)29-2)30(17-19-13-15-20(27)16-14-19)25(32)18-31(24-12-8-7-11-22(24)28)36(34,35)21-9-5-4-6-10-21/h4-16,23H,3,17-18H2,1-2H3,(H,29,33)/t23-/m0/s1. The highest BCUT2D eigenvalue weighted by atomic mass is 32.2. The number of carbonyl (C=O) groups excluding carboxylic acids is 2. The lowest BCUT2D eigenvalue weighted by molar-refractivity contribution is -0.140. The number of nitrogens with one attached hydrogen (secondary N) is 1. The molecule has 0 aromatic heterocycles. The number of likely N-dealkylation sites (N-methyl/N-ethyl adjacent to an activating group) is 1. The van der Waals surface area contributed by atoms with E-state index in [1.54, 1.807) is 13.0 Å². The van der Waals surface area contributed by atoms with Crippen LogP contribution >= 0.6 is 0 Å². The summed E-state index contributed by atoms with van der Waals surface area (Å²) in [6.45, 7) is 0.870. The molecule has 0 unspecified atom stereocenters. The SMILES string of the molecule is CC[C@@H](C(=O)NC)N(Cc1ccc(F)cc1)C(=O)CN(c1ccccc1F)S(=O)(=O)c1ccccc1. The molecule has 0 radical (unpaired) electrons. The molecule has 0 spiro atoms. The average molecular weight is 516 g/mol. The monoisotopic (exact) mass is 515 g/mol. The van der Waals surface area contributed by atoms with E-state index in [2.05, 4.69) is 5.32 Å². The lowest BCUT2D eigenvalue weighted by atomic mass is 10.1. The molecule has 3 rings (SSSR count). The molecule has 1 N–H and O–H groups in total. The topological polar surface area (TPSA) is 86.8 Å². The van der Waals surface area contributed by atoms with Crippen LogP contribution in [0.15, 0.2) is 83.8 Å². The Balaban J connectivity index is 2.05. The predicted octanol–water partition coefficient (Wildman–Crippen LogP) is 3.71. The average Bonchev–Trinajstić information content (AvgIpc) is 2.89. The Hall–Kier alpha value is -3.79. The van der Waals surface area contributed by atoms with Gasteiger partial charge in [0, 0.05) is 13.6 Å². The van der Waals surface area contributed by atoms with Crippen LogP contribution < -0.4 is 9.62 Å². The largest absolute Gasteiger partial charge is 0.357 e. The van der Waals surface area contributed by atoms with Crippen LogP contribution in [-0.2, 0) is 26.2 Å². The van der Waals surface area contributed by atoms with Gasteiger partial charge in [-0.05, 0) is 48.4 Å². The third-order valence-electron chi connectivity index (χ3n) is 5.63. The first kappa shape index (κ1) is 26.8. The predicted molar refractivity (Wildman–Crippen MR) is 132 cm³/mol. The van der Waals surface area contributed by atoms with Crippen LogP contribution in [0.1, 0.15) is 18.9 Å². The van der Waals surface area contributed by atoms with Crippen molar-refractivity contribution in [3.63, 3.8) is 0 Å². The van der Waals surface area contributed by atoms with E-state index in [0.717, 1.165) is 6.07 Å². The van der Waals surface area contributed by atoms with Crippen molar-refractivity contribution in [3.05, 3.63) is 96.1 Å². The van der Waals surface area contributed by atoms with E-state index in [0.29, 0.717) is 9.87 Å². The molecular weight excluding hydrogens is 488 g/mol. The van der Waals surface area contributed by atoms with Crippen LogP contribution in [0.3, 0.4) is 0 Å². The first-order valence-electron chi connectivity index (χ1n) is 11.3. The molecule has 0 saturated heterocycles. The molecule has 7 nitrogen and oxygen atoms in total. The van der Waals surface area contributed by atoms with E-state index in [4.69, 9.17) is 0 Å². The Morgan fingerprint density at radius 3 is 2.11 bits per heavy atom. The number of para-hydroxylation sites is 1. The fourth-order valence-electron chi connectivity index (χ4n) is 3.76. The summed E-state index contributed by atoms with van der Waals surface area (Å²) in [4.78, 5) is 27.4. The molecule has 0 aliphatic rings. The Kier molecular flexibility index (Phi) is 8.76. The van der Waals surface area contributed by atoms with Crippen molar-refractivity contribution in [2.24, 2.45) is 0 Å². The number of carbonyl (C=O) groups is 2. The fourth-order valence-corrected chi connectivity index (χ4v) is 5.20. The van der Waals surface area contributed by atoms with E-state index in [1.807, 2.05) is 0 Å². The number of hydrogen-bond donors (Lipinski definition) is 1. The third kappa shape index (κ3) is 6.06. The second-order valence-electron chi connectivity index (χ2n) is 7.96. The van der Waals surface area contributed by atoms with Gasteiger partial charge in [0.15, 0.2) is 0 Å². The van der Waals surface area contributed by atoms with Gasteiger partial charge in [-0.2, -0.15) is 0 Å². The fraction of sp³-hybridized carbons (Fsp3) is 0.231. The molecule has 0 fully saturated rings. The molecular formula is C26H27F2N3O4S. The number of halogens is 2. The Labute approximate surface area is 209 Å². The smallest absolute Gasteiger partial charge is 0.264 e. The maximum Gasteiger partial charge on any atom is 0.264 e. The second-order valence-corrected chi connectivity index (χ2v) is 9.82. The highest BCUT2D eigenvalue weighted by Crippen LogP contribution is 2.27. The molecule has 1 atom stereocenters. The number of nitrogens with zero attached hydrogens (tertiary/aromatic N) is 2. The van der Waals surface area contributed by atoms with Crippen LogP contribution in [0, 0.1) is 11.6 Å². The van der Waals surface area contributed by atoms with Crippen molar-refractivity contribution in [2.45, 2.75) is 30.8 Å². The van der Waals surface area contributed by atoms with E-state index in [-0.39, 0.29) is 23.5 Å². The van der Waals surface area contributed by atoms with Crippen LogP contribution in [0.5, 0.6) is 0 Å². The summed E-state index contributed by atoms with van der Waals surface area (Å²) >= 11 is 0. The molecule has 0 aliphatic carbocycles. The van der Waals surface area contributed by atoms with E-state index < -0.39 is 46.1 Å². The van der Waals surface area contributed by atoms with E-state index >= 15 is 0 Å². The Morgan fingerprint density at radius 2 is 1.53 bits per heavy atom. The summed E-state index contributed by atoms with van der Waals surface area (Å²) < 4.78 is 56.0. The number of anilines is 1. The lowest BCUT2D eigenvalue weighted by Gasteiger charge is -2.33. The van der Waals surface area contributed by atoms with Gasteiger partial charge in [0.1, 0.15) is 24.2 Å². The number of rotatable bonds is 10. The van der Waals surface area contributed by atoms with Crippen molar-refractivity contribution < 1.29 is 26.8 Å². The molecule has 10 heteroatoms. The van der Waals surface area contributed by atoms with E-state index in [9.17, 15) is 26.8 Å². The van der Waals surface area contributed by atoms with Crippen molar-refractivity contribution >= 4 is 27.5 Å². The van der Waals surface area contributed by atoms with Crippen LogP contribution in [-0.4, -0.2) is 44.8 Å². The second kappa shape index (κ2) is 11.8. The molecule has 0 saturated carbocycles. The third-order valence-corrected chi connectivity index (χ3v) is 7.40. The zero-order chi connectivity index (χ0) is 26.3. The van der Waals surface area contributed by atoms with Gasteiger partial charge in [0.05, 0.1) is 10.6 Å². The molecule has 3 aromatic carbocycles. The van der Waals surface area contributed by atoms with Crippen molar-refractivity contribution in [1.82, 2.24) is 10.2 Å². The van der Waals surface area contributed by atoms with Crippen molar-refractivity contribution in [1.29, 1.82) is 0 Å². The highest BCUT2D eigenvalue weighted by Gasteiger charge is 2.34. The first-order valence-corrected chi connectivity index (χ1v) is 12.7. The number of hydrogen-bond acceptors (Lipinski definition) is 4. The highest BCUT2D eigenvalue weighted by molar-refractivity contribution is 7.92. The van der Waals surface area contributed by atoms with Crippen molar-refractivity contribution in [3.8, 4) is 0 Å². The van der Waals surface area contributed by atoms with Crippen LogP contribution in [0.25, 0.3) is 0 Å². The van der Waals surface area contributed by atoms with Crippen LogP contribution in [0.2, 0.25) is 0 Å². The normalized spacial score (nSPS) is 12.0. The lowest BCUT2D eigenvalue weighted by Crippen LogP contribution is -2.51. The molecule has 0 aliphatic heterocycles. The molecule has 190 valence electrons. The van der Waals surface area contributed by atoms with Crippen LogP contribution in [0.4, 0.5) is 14.5 Å². The van der Waals surface area contributed by atoms with Gasteiger partial charge in [-0.3, -0.25) is 13.9 Å². The first-order chi connectivity index (χ1) is 17.2. The summed E-state index contributed by atoms with van der Waals surface area (Å²) in [5.41, 5.74) is 0.236. The molecule has 36 heavy (non-hydrogen) atoms. The number of benzene rings is 3. The van der Waals surface area contributed by atoms with Gasteiger partial charge < -0.3 is 10.2 Å².